The van der Waals surface area contributed by atoms with Crippen LogP contribution in [0.3, 0.4) is 0 Å². The minimum Gasteiger partial charge on any atom is -0.464 e. The van der Waals surface area contributed by atoms with Gasteiger partial charge in [-0.1, -0.05) is 0 Å². The molecule has 1 saturated heterocycles. The Morgan fingerprint density at radius 2 is 2.22 bits per heavy atom. The topological polar surface area (TPSA) is 74.7 Å². The highest BCUT2D eigenvalue weighted by atomic mass is 16.7. The molecule has 6 heteroatoms. The highest BCUT2D eigenvalue weighted by molar-refractivity contribution is 5.85. The summed E-state index contributed by atoms with van der Waals surface area (Å²) in [4.78, 5) is 26.7. The Balaban J connectivity index is 2.07. The molecule has 96 valence electrons. The Morgan fingerprint density at radius 3 is 2.78 bits per heavy atom. The van der Waals surface area contributed by atoms with E-state index in [1.807, 2.05) is 0 Å². The van der Waals surface area contributed by atoms with Crippen molar-refractivity contribution in [3.63, 3.8) is 0 Å². The fourth-order valence-corrected chi connectivity index (χ4v) is 1.69. The van der Waals surface area contributed by atoms with Crippen LogP contribution in [-0.4, -0.2) is 29.8 Å². The number of hydrogen-bond donors (Lipinski definition) is 0. The molecule has 0 aromatic carbocycles. The molecule has 0 spiro atoms. The van der Waals surface area contributed by atoms with Crippen LogP contribution in [0.1, 0.15) is 18.4 Å². The number of aromatic nitrogens is 1. The largest absolute Gasteiger partial charge is 0.464 e. The number of hydrogen-bond acceptors (Lipinski definition) is 6. The standard InChI is InChI=1S/C12H13NO5/c1-16-11(15)12(5-2-10(14)18-12)17-8-9-3-6-13-7-4-9/h3-4,6-7H,2,5,8H2,1H3. The number of esters is 2. The van der Waals surface area contributed by atoms with Crippen LogP contribution in [0, 0.1) is 0 Å². The third kappa shape index (κ3) is 2.48. The molecule has 1 aromatic rings. The molecule has 0 N–H and O–H groups in total. The second-order valence-corrected chi connectivity index (χ2v) is 3.86. The van der Waals surface area contributed by atoms with Gasteiger partial charge in [0.1, 0.15) is 0 Å². The highest BCUT2D eigenvalue weighted by Crippen LogP contribution is 2.30. The highest BCUT2D eigenvalue weighted by Gasteiger charge is 2.50. The van der Waals surface area contributed by atoms with Crippen LogP contribution in [0.2, 0.25) is 0 Å². The maximum atomic E-state index is 11.7. The molecule has 1 unspecified atom stereocenters. The van der Waals surface area contributed by atoms with Crippen LogP contribution in [0.5, 0.6) is 0 Å². The van der Waals surface area contributed by atoms with Crippen molar-refractivity contribution < 1.29 is 23.8 Å². The van der Waals surface area contributed by atoms with Gasteiger partial charge in [-0.05, 0) is 17.7 Å². The fraction of sp³-hybridized carbons (Fsp3) is 0.417. The molecular formula is C12H13NO5. The van der Waals surface area contributed by atoms with Crippen LogP contribution >= 0.6 is 0 Å². The molecule has 0 amide bonds. The summed E-state index contributed by atoms with van der Waals surface area (Å²) in [7, 11) is 1.23. The minimum atomic E-state index is -1.60. The third-order valence-electron chi connectivity index (χ3n) is 2.65. The van der Waals surface area contributed by atoms with Crippen LogP contribution in [0.15, 0.2) is 24.5 Å². The van der Waals surface area contributed by atoms with Gasteiger partial charge in [0.2, 0.25) is 0 Å². The second-order valence-electron chi connectivity index (χ2n) is 3.86. The molecule has 6 nitrogen and oxygen atoms in total. The molecular weight excluding hydrogens is 238 g/mol. The van der Waals surface area contributed by atoms with Crippen LogP contribution in [0.4, 0.5) is 0 Å². The summed E-state index contributed by atoms with van der Waals surface area (Å²) in [6.07, 6.45) is 3.55. The van der Waals surface area contributed by atoms with Gasteiger partial charge in [0.15, 0.2) is 0 Å². The molecule has 1 aliphatic heterocycles. The van der Waals surface area contributed by atoms with E-state index in [4.69, 9.17) is 9.47 Å². The summed E-state index contributed by atoms with van der Waals surface area (Å²) in [5.74, 6) is -2.76. The van der Waals surface area contributed by atoms with Gasteiger partial charge in [0, 0.05) is 18.8 Å². The Bertz CT molecular complexity index is 447. The third-order valence-corrected chi connectivity index (χ3v) is 2.65. The molecule has 1 aromatic heterocycles. The molecule has 0 bridgehead atoms. The minimum absolute atomic E-state index is 0.144. The van der Waals surface area contributed by atoms with Crippen LogP contribution in [-0.2, 0) is 30.4 Å². The molecule has 0 saturated carbocycles. The van der Waals surface area contributed by atoms with Gasteiger partial charge in [-0.25, -0.2) is 4.79 Å². The van der Waals surface area contributed by atoms with E-state index in [2.05, 4.69) is 9.72 Å². The van der Waals surface area contributed by atoms with E-state index in [1.54, 1.807) is 24.5 Å². The Morgan fingerprint density at radius 1 is 1.50 bits per heavy atom. The van der Waals surface area contributed by atoms with Crippen molar-refractivity contribution in [1.82, 2.24) is 4.98 Å². The van der Waals surface area contributed by atoms with Crippen molar-refractivity contribution in [2.45, 2.75) is 25.2 Å². The molecule has 2 heterocycles. The number of pyridine rings is 1. The lowest BCUT2D eigenvalue weighted by Crippen LogP contribution is -2.42. The number of ether oxygens (including phenoxy) is 3. The lowest BCUT2D eigenvalue weighted by atomic mass is 10.2. The van der Waals surface area contributed by atoms with Crippen molar-refractivity contribution in [3.8, 4) is 0 Å². The quantitative estimate of drug-likeness (QED) is 0.737. The Kier molecular flexibility index (Phi) is 3.57. The number of carbonyl (C=O) groups excluding carboxylic acids is 2. The number of methoxy groups -OCH3 is 1. The molecule has 2 rings (SSSR count). The first kappa shape index (κ1) is 12.5. The van der Waals surface area contributed by atoms with E-state index in [0.717, 1.165) is 5.56 Å². The number of cyclic esters (lactones) is 1. The zero-order valence-corrected chi connectivity index (χ0v) is 9.92. The molecule has 0 radical (unpaired) electrons. The summed E-state index contributed by atoms with van der Waals surface area (Å²) in [6, 6.07) is 3.50. The average Bonchev–Trinajstić information content (AvgIpc) is 2.80. The first-order valence-corrected chi connectivity index (χ1v) is 5.49. The maximum Gasteiger partial charge on any atom is 0.379 e. The first-order valence-electron chi connectivity index (χ1n) is 5.49. The molecule has 1 atom stereocenters. The van der Waals surface area contributed by atoms with Gasteiger partial charge in [-0.15, -0.1) is 0 Å². The Hall–Kier alpha value is -1.95. The Labute approximate surface area is 104 Å². The first-order chi connectivity index (χ1) is 8.66. The van der Waals surface area contributed by atoms with Gasteiger partial charge >= 0.3 is 17.7 Å². The SMILES string of the molecule is COC(=O)C1(OCc2ccncc2)CCC(=O)O1. The predicted octanol–water partition coefficient (Wildman–Crippen LogP) is 0.804. The van der Waals surface area contributed by atoms with Gasteiger partial charge in [0.05, 0.1) is 20.1 Å². The lowest BCUT2D eigenvalue weighted by Gasteiger charge is -2.24. The molecule has 1 fully saturated rings. The normalized spacial score (nSPS) is 22.6. The summed E-state index contributed by atoms with van der Waals surface area (Å²) in [5.41, 5.74) is 0.830. The van der Waals surface area contributed by atoms with Crippen molar-refractivity contribution >= 4 is 11.9 Å². The zero-order chi connectivity index (χ0) is 13.0. The second kappa shape index (κ2) is 5.14. The summed E-state index contributed by atoms with van der Waals surface area (Å²) < 4.78 is 15.0. The van der Waals surface area contributed by atoms with Crippen LogP contribution in [0.25, 0.3) is 0 Å². The number of carbonyl (C=O) groups is 2. The van der Waals surface area contributed by atoms with E-state index in [9.17, 15) is 9.59 Å². The van der Waals surface area contributed by atoms with E-state index in [1.165, 1.54) is 7.11 Å². The van der Waals surface area contributed by atoms with Crippen molar-refractivity contribution in [1.29, 1.82) is 0 Å². The molecule has 18 heavy (non-hydrogen) atoms. The smallest absolute Gasteiger partial charge is 0.379 e. The maximum absolute atomic E-state index is 11.7. The predicted molar refractivity (Wildman–Crippen MR) is 59.1 cm³/mol. The van der Waals surface area contributed by atoms with E-state index >= 15 is 0 Å². The van der Waals surface area contributed by atoms with Crippen molar-refractivity contribution in [2.75, 3.05) is 7.11 Å². The average molecular weight is 251 g/mol. The number of nitrogens with zero attached hydrogens (tertiary/aromatic N) is 1. The zero-order valence-electron chi connectivity index (χ0n) is 9.92. The van der Waals surface area contributed by atoms with Crippen molar-refractivity contribution in [2.24, 2.45) is 0 Å². The fourth-order valence-electron chi connectivity index (χ4n) is 1.69. The summed E-state index contributed by atoms with van der Waals surface area (Å²) in [6.45, 7) is 0.144. The van der Waals surface area contributed by atoms with Gasteiger partial charge in [0.25, 0.3) is 0 Å². The summed E-state index contributed by atoms with van der Waals surface area (Å²) in [5, 5.41) is 0. The van der Waals surface area contributed by atoms with E-state index < -0.39 is 17.7 Å². The van der Waals surface area contributed by atoms with Gasteiger partial charge in [-0.2, -0.15) is 0 Å². The van der Waals surface area contributed by atoms with Crippen molar-refractivity contribution in [3.05, 3.63) is 30.1 Å². The molecule has 1 aliphatic rings. The molecule has 0 aliphatic carbocycles. The van der Waals surface area contributed by atoms with Gasteiger partial charge < -0.3 is 14.2 Å². The van der Waals surface area contributed by atoms with Crippen LogP contribution < -0.4 is 0 Å². The van der Waals surface area contributed by atoms with Gasteiger partial charge in [-0.3, -0.25) is 9.78 Å². The monoisotopic (exact) mass is 251 g/mol. The lowest BCUT2D eigenvalue weighted by molar-refractivity contribution is -0.232. The van der Waals surface area contributed by atoms with E-state index in [-0.39, 0.29) is 19.4 Å². The summed E-state index contributed by atoms with van der Waals surface area (Å²) >= 11 is 0. The van der Waals surface area contributed by atoms with E-state index in [0.29, 0.717) is 0 Å². The number of rotatable bonds is 4.